The fraction of sp³-hybridized carbons (Fsp3) is 0.571. The van der Waals surface area contributed by atoms with Gasteiger partial charge in [0.25, 0.3) is 0 Å². The topological polar surface area (TPSA) is 53.7 Å². The largest absolute Gasteiger partial charge is 0.496 e. The van der Waals surface area contributed by atoms with Gasteiger partial charge < -0.3 is 19.9 Å². The molecule has 0 atom stereocenters. The summed E-state index contributed by atoms with van der Waals surface area (Å²) in [5, 5.41) is 0. The molecule has 1 fully saturated rings. The van der Waals surface area contributed by atoms with E-state index in [1.807, 2.05) is 6.07 Å². The highest BCUT2D eigenvalue weighted by molar-refractivity contribution is 5.52. The van der Waals surface area contributed by atoms with Crippen LogP contribution in [0.4, 0.5) is 0 Å². The highest BCUT2D eigenvalue weighted by Crippen LogP contribution is 2.51. The third kappa shape index (κ3) is 2.18. The van der Waals surface area contributed by atoms with E-state index in [0.717, 1.165) is 29.9 Å². The van der Waals surface area contributed by atoms with Crippen LogP contribution in [0.25, 0.3) is 0 Å². The highest BCUT2D eigenvalue weighted by atomic mass is 16.5. The zero-order chi connectivity index (χ0) is 13.2. The molecule has 0 saturated heterocycles. The van der Waals surface area contributed by atoms with Gasteiger partial charge in [0.15, 0.2) is 0 Å². The molecular weight excluding hydrogens is 230 g/mol. The summed E-state index contributed by atoms with van der Waals surface area (Å²) in [7, 11) is 5.02. The Kier molecular flexibility index (Phi) is 3.78. The van der Waals surface area contributed by atoms with Gasteiger partial charge in [-0.15, -0.1) is 0 Å². The Morgan fingerprint density at radius 2 is 1.78 bits per heavy atom. The van der Waals surface area contributed by atoms with Crippen molar-refractivity contribution in [2.75, 3.05) is 27.9 Å². The maximum absolute atomic E-state index is 5.90. The van der Waals surface area contributed by atoms with E-state index in [1.54, 1.807) is 21.3 Å². The van der Waals surface area contributed by atoms with Crippen molar-refractivity contribution >= 4 is 0 Å². The van der Waals surface area contributed by atoms with Crippen LogP contribution in [0.2, 0.25) is 0 Å². The number of nitrogens with two attached hydrogens (primary N) is 1. The average molecular weight is 251 g/mol. The van der Waals surface area contributed by atoms with Crippen molar-refractivity contribution in [1.82, 2.24) is 0 Å². The first-order valence-corrected chi connectivity index (χ1v) is 6.15. The second kappa shape index (κ2) is 5.16. The Balaban J connectivity index is 2.47. The number of benzene rings is 1. The van der Waals surface area contributed by atoms with E-state index in [0.29, 0.717) is 13.2 Å². The fourth-order valence-electron chi connectivity index (χ4n) is 2.38. The molecule has 2 rings (SSSR count). The Labute approximate surface area is 108 Å². The molecule has 0 radical (unpaired) electrons. The first-order chi connectivity index (χ1) is 8.70. The molecule has 0 spiro atoms. The minimum Gasteiger partial charge on any atom is -0.496 e. The maximum atomic E-state index is 5.90. The third-order valence-corrected chi connectivity index (χ3v) is 3.72. The van der Waals surface area contributed by atoms with Gasteiger partial charge in [-0.1, -0.05) is 0 Å². The van der Waals surface area contributed by atoms with Crippen LogP contribution in [-0.4, -0.2) is 27.9 Å². The number of hydrogen-bond donors (Lipinski definition) is 1. The molecule has 1 aliphatic rings. The van der Waals surface area contributed by atoms with Gasteiger partial charge in [-0.25, -0.2) is 0 Å². The van der Waals surface area contributed by atoms with E-state index in [-0.39, 0.29) is 5.41 Å². The molecule has 18 heavy (non-hydrogen) atoms. The van der Waals surface area contributed by atoms with E-state index in [2.05, 4.69) is 6.07 Å². The zero-order valence-electron chi connectivity index (χ0n) is 11.3. The van der Waals surface area contributed by atoms with Gasteiger partial charge in [-0.3, -0.25) is 0 Å². The normalized spacial score (nSPS) is 16.4. The van der Waals surface area contributed by atoms with Gasteiger partial charge in [0.05, 0.1) is 20.8 Å². The number of rotatable bonds is 6. The van der Waals surface area contributed by atoms with Crippen LogP contribution in [0, 0.1) is 0 Å². The van der Waals surface area contributed by atoms with Crippen LogP contribution in [-0.2, 0) is 16.8 Å². The standard InChI is InChI=1S/C14H21NO3/c1-16-8-10-6-11(14(9-15)4-5-14)13(18-3)7-12(10)17-2/h6-7H,4-5,8-9,15H2,1-3H3. The Hall–Kier alpha value is -1.26. The van der Waals surface area contributed by atoms with E-state index < -0.39 is 0 Å². The van der Waals surface area contributed by atoms with E-state index in [4.69, 9.17) is 19.9 Å². The quantitative estimate of drug-likeness (QED) is 0.838. The van der Waals surface area contributed by atoms with Gasteiger partial charge in [-0.2, -0.15) is 0 Å². The second-order valence-electron chi connectivity index (χ2n) is 4.78. The van der Waals surface area contributed by atoms with Crippen LogP contribution >= 0.6 is 0 Å². The summed E-state index contributed by atoms with van der Waals surface area (Å²) in [4.78, 5) is 0. The lowest BCUT2D eigenvalue weighted by Crippen LogP contribution is -2.21. The Morgan fingerprint density at radius 1 is 1.11 bits per heavy atom. The van der Waals surface area contributed by atoms with Crippen LogP contribution in [0.15, 0.2) is 12.1 Å². The highest BCUT2D eigenvalue weighted by Gasteiger charge is 2.45. The lowest BCUT2D eigenvalue weighted by molar-refractivity contribution is 0.181. The summed E-state index contributed by atoms with van der Waals surface area (Å²) >= 11 is 0. The number of methoxy groups -OCH3 is 3. The zero-order valence-corrected chi connectivity index (χ0v) is 11.3. The van der Waals surface area contributed by atoms with Crippen LogP contribution in [0.3, 0.4) is 0 Å². The summed E-state index contributed by atoms with van der Waals surface area (Å²) in [5.41, 5.74) is 8.22. The molecule has 100 valence electrons. The lowest BCUT2D eigenvalue weighted by atomic mass is 9.93. The fourth-order valence-corrected chi connectivity index (χ4v) is 2.38. The van der Waals surface area contributed by atoms with Gasteiger partial charge in [0.2, 0.25) is 0 Å². The predicted octanol–water partition coefficient (Wildman–Crippen LogP) is 1.84. The maximum Gasteiger partial charge on any atom is 0.128 e. The lowest BCUT2D eigenvalue weighted by Gasteiger charge is -2.20. The molecule has 1 aromatic carbocycles. The van der Waals surface area contributed by atoms with Crippen molar-refractivity contribution in [2.45, 2.75) is 24.9 Å². The first-order valence-electron chi connectivity index (χ1n) is 6.15. The Bertz CT molecular complexity index is 427. The first kappa shape index (κ1) is 13.2. The Morgan fingerprint density at radius 3 is 2.22 bits per heavy atom. The average Bonchev–Trinajstić information content (AvgIpc) is 3.19. The molecule has 1 aromatic rings. The SMILES string of the molecule is COCc1cc(C2(CN)CC2)c(OC)cc1OC. The van der Waals surface area contributed by atoms with E-state index >= 15 is 0 Å². The van der Waals surface area contributed by atoms with Crippen molar-refractivity contribution in [3.8, 4) is 11.5 Å². The summed E-state index contributed by atoms with van der Waals surface area (Å²) in [6.07, 6.45) is 2.25. The summed E-state index contributed by atoms with van der Waals surface area (Å²) < 4.78 is 16.1. The molecule has 2 N–H and O–H groups in total. The molecule has 0 aromatic heterocycles. The van der Waals surface area contributed by atoms with Crippen LogP contribution in [0.5, 0.6) is 11.5 Å². The third-order valence-electron chi connectivity index (χ3n) is 3.72. The smallest absolute Gasteiger partial charge is 0.128 e. The summed E-state index contributed by atoms with van der Waals surface area (Å²) in [6, 6.07) is 4.04. The van der Waals surface area contributed by atoms with Gasteiger partial charge in [0.1, 0.15) is 11.5 Å². The number of ether oxygens (including phenoxy) is 3. The van der Waals surface area contributed by atoms with Crippen LogP contribution < -0.4 is 15.2 Å². The van der Waals surface area contributed by atoms with Crippen molar-refractivity contribution in [3.05, 3.63) is 23.3 Å². The number of hydrogen-bond acceptors (Lipinski definition) is 4. The minimum absolute atomic E-state index is 0.0973. The molecule has 1 aliphatic carbocycles. The molecule has 0 bridgehead atoms. The molecule has 0 amide bonds. The molecule has 0 unspecified atom stereocenters. The monoisotopic (exact) mass is 251 g/mol. The van der Waals surface area contributed by atoms with Crippen molar-refractivity contribution in [2.24, 2.45) is 5.73 Å². The van der Waals surface area contributed by atoms with Gasteiger partial charge >= 0.3 is 0 Å². The van der Waals surface area contributed by atoms with Crippen LogP contribution in [0.1, 0.15) is 24.0 Å². The van der Waals surface area contributed by atoms with Crippen molar-refractivity contribution in [3.63, 3.8) is 0 Å². The molecule has 4 nitrogen and oxygen atoms in total. The molecule has 4 heteroatoms. The van der Waals surface area contributed by atoms with E-state index in [9.17, 15) is 0 Å². The molecule has 0 aliphatic heterocycles. The van der Waals surface area contributed by atoms with E-state index in [1.165, 1.54) is 5.56 Å². The van der Waals surface area contributed by atoms with Gasteiger partial charge in [0, 0.05) is 36.3 Å². The molecule has 1 saturated carbocycles. The van der Waals surface area contributed by atoms with Gasteiger partial charge in [-0.05, 0) is 18.9 Å². The predicted molar refractivity (Wildman–Crippen MR) is 70.2 cm³/mol. The molecule has 0 heterocycles. The second-order valence-corrected chi connectivity index (χ2v) is 4.78. The van der Waals surface area contributed by atoms with Crippen molar-refractivity contribution in [1.29, 1.82) is 0 Å². The molecular formula is C14H21NO3. The van der Waals surface area contributed by atoms with Crippen molar-refractivity contribution < 1.29 is 14.2 Å². The minimum atomic E-state index is 0.0973. The summed E-state index contributed by atoms with van der Waals surface area (Å²) in [5.74, 6) is 1.65. The summed E-state index contributed by atoms with van der Waals surface area (Å²) in [6.45, 7) is 1.18.